The molecule has 41 heavy (non-hydrogen) atoms. The van der Waals surface area contributed by atoms with Crippen molar-refractivity contribution >= 4 is 44.1 Å². The average Bonchev–Trinajstić information content (AvgIpc) is 3.35. The molecule has 0 saturated heterocycles. The first kappa shape index (κ1) is 27.1. The summed E-state index contributed by atoms with van der Waals surface area (Å²) < 4.78 is 8.22. The standard InChI is InChI=1S/C33H33N3O4S/c1-3-23(37)18-21-9-11-22(12-10-21)19-28(38)31-30-29-27(15-16-34-32(29)41-31)36(33(39)35-30)26-14-13-25(17-20(26)2)40-24-7-5-4-6-8-24/h4-8,13-17,21-22,38H,3,9-12,18-19H2,1-2H3. The Hall–Kier alpha value is -4.04. The Bertz CT molecular complexity index is 1840. The molecular formula is C33H33N3O4S. The van der Waals surface area contributed by atoms with Gasteiger partial charge in [0, 0.05) is 25.5 Å². The van der Waals surface area contributed by atoms with E-state index >= 15 is 0 Å². The van der Waals surface area contributed by atoms with Gasteiger partial charge >= 0.3 is 5.69 Å². The van der Waals surface area contributed by atoms with Crippen LogP contribution in [0.3, 0.4) is 0 Å². The molecule has 0 aliphatic heterocycles. The van der Waals surface area contributed by atoms with Gasteiger partial charge in [0.1, 0.15) is 33.4 Å². The van der Waals surface area contributed by atoms with Crippen LogP contribution in [0.5, 0.6) is 11.5 Å². The van der Waals surface area contributed by atoms with Crippen molar-refractivity contribution in [3.63, 3.8) is 0 Å². The third-order valence-corrected chi connectivity index (χ3v) is 9.33. The Balaban J connectivity index is 1.33. The third-order valence-electron chi connectivity index (χ3n) is 8.19. The van der Waals surface area contributed by atoms with Crippen LogP contribution in [0.15, 0.2) is 65.6 Å². The molecule has 1 fully saturated rings. The molecule has 0 amide bonds. The molecule has 7 nitrogen and oxygen atoms in total. The van der Waals surface area contributed by atoms with Crippen molar-refractivity contribution in [2.75, 3.05) is 0 Å². The predicted molar refractivity (Wildman–Crippen MR) is 163 cm³/mol. The number of carbonyl (C=O) groups is 1. The minimum absolute atomic E-state index is 0.269. The van der Waals surface area contributed by atoms with Gasteiger partial charge in [-0.2, -0.15) is 4.98 Å². The third kappa shape index (κ3) is 5.48. The van der Waals surface area contributed by atoms with E-state index in [1.165, 1.54) is 11.3 Å². The number of benzene rings is 2. The minimum Gasteiger partial charge on any atom is -0.511 e. The quantitative estimate of drug-likeness (QED) is 0.216. The number of aryl methyl sites for hydroxylation is 1. The van der Waals surface area contributed by atoms with Crippen LogP contribution in [-0.2, 0) is 4.79 Å². The largest absolute Gasteiger partial charge is 0.511 e. The van der Waals surface area contributed by atoms with Crippen molar-refractivity contribution in [1.29, 1.82) is 0 Å². The van der Waals surface area contributed by atoms with E-state index in [9.17, 15) is 14.7 Å². The number of hydrogen-bond donors (Lipinski definition) is 1. The van der Waals surface area contributed by atoms with E-state index in [0.717, 1.165) is 52.9 Å². The van der Waals surface area contributed by atoms with Crippen molar-refractivity contribution in [1.82, 2.24) is 14.5 Å². The molecule has 3 heterocycles. The van der Waals surface area contributed by atoms with Gasteiger partial charge < -0.3 is 9.84 Å². The number of Topliss-reactive ketones (excluding diaryl/α,β-unsaturated/α-hetero) is 1. The highest BCUT2D eigenvalue weighted by Gasteiger charge is 2.25. The molecule has 6 rings (SSSR count). The van der Waals surface area contributed by atoms with Gasteiger partial charge in [0.15, 0.2) is 0 Å². The lowest BCUT2D eigenvalue weighted by Gasteiger charge is -2.27. The molecule has 1 aliphatic rings. The number of ether oxygens (including phenoxy) is 1. The van der Waals surface area contributed by atoms with Gasteiger partial charge in [-0.1, -0.05) is 25.1 Å². The normalized spacial score (nSPS) is 18.1. The van der Waals surface area contributed by atoms with Crippen LogP contribution in [0.25, 0.3) is 32.7 Å². The molecule has 2 aromatic carbocycles. The summed E-state index contributed by atoms with van der Waals surface area (Å²) in [4.78, 5) is 35.2. The van der Waals surface area contributed by atoms with Crippen LogP contribution < -0.4 is 15.0 Å². The highest BCUT2D eigenvalue weighted by atomic mass is 32.1. The minimum atomic E-state index is -0.404. The molecular weight excluding hydrogens is 534 g/mol. The maximum Gasteiger partial charge on any atom is 0.353 e. The zero-order valence-corrected chi connectivity index (χ0v) is 24.1. The Morgan fingerprint density at radius 1 is 1.02 bits per heavy atom. The zero-order chi connectivity index (χ0) is 28.5. The summed E-state index contributed by atoms with van der Waals surface area (Å²) in [6.07, 6.45) is 7.53. The highest BCUT2D eigenvalue weighted by Crippen LogP contribution is 2.35. The Labute approximate surface area is 242 Å². The van der Waals surface area contributed by atoms with Crippen molar-refractivity contribution in [3.8, 4) is 17.2 Å². The molecule has 5 aromatic rings. The molecule has 0 spiro atoms. The second-order valence-corrected chi connectivity index (χ2v) is 12.0. The summed E-state index contributed by atoms with van der Waals surface area (Å²) in [6.45, 7) is 3.87. The number of aromatic nitrogens is 3. The molecule has 0 atom stereocenters. The van der Waals surface area contributed by atoms with Gasteiger partial charge in [-0.25, -0.2) is 9.78 Å². The number of ketones is 1. The summed E-state index contributed by atoms with van der Waals surface area (Å²) >= 11 is 1.38. The predicted octanol–water partition coefficient (Wildman–Crippen LogP) is 7.05. The summed E-state index contributed by atoms with van der Waals surface area (Å²) in [5.41, 5.74) is 2.41. The second-order valence-electron chi connectivity index (χ2n) is 11.0. The summed E-state index contributed by atoms with van der Waals surface area (Å²) in [5, 5.41) is 12.0. The maximum atomic E-state index is 13.5. The van der Waals surface area contributed by atoms with E-state index in [1.807, 2.05) is 68.4 Å². The van der Waals surface area contributed by atoms with E-state index in [0.29, 0.717) is 58.2 Å². The number of aliphatic hydroxyl groups is 1. The lowest BCUT2D eigenvalue weighted by Crippen LogP contribution is -2.24. The number of rotatable bonds is 8. The monoisotopic (exact) mass is 567 g/mol. The van der Waals surface area contributed by atoms with Crippen LogP contribution in [0.4, 0.5) is 0 Å². The molecule has 1 aliphatic carbocycles. The lowest BCUT2D eigenvalue weighted by molar-refractivity contribution is -0.119. The fourth-order valence-electron chi connectivity index (χ4n) is 6.00. The first-order valence-electron chi connectivity index (χ1n) is 14.3. The number of nitrogens with zero attached hydrogens (tertiary/aromatic N) is 3. The van der Waals surface area contributed by atoms with Gasteiger partial charge in [0.05, 0.1) is 21.1 Å². The number of thiophene rings is 1. The Kier molecular flexibility index (Phi) is 7.58. The molecule has 0 bridgehead atoms. The first-order valence-corrected chi connectivity index (χ1v) is 15.1. The van der Waals surface area contributed by atoms with Gasteiger partial charge in [-0.3, -0.25) is 9.36 Å². The van der Waals surface area contributed by atoms with Gasteiger partial charge in [0.25, 0.3) is 0 Å². The fourth-order valence-corrected chi connectivity index (χ4v) is 7.06. The summed E-state index contributed by atoms with van der Waals surface area (Å²) in [6, 6.07) is 17.0. The summed E-state index contributed by atoms with van der Waals surface area (Å²) in [5.74, 6) is 2.84. The highest BCUT2D eigenvalue weighted by molar-refractivity contribution is 7.17. The molecule has 1 saturated carbocycles. The van der Waals surface area contributed by atoms with E-state index in [2.05, 4.69) is 9.97 Å². The van der Waals surface area contributed by atoms with E-state index in [1.54, 1.807) is 10.8 Å². The molecule has 3 aromatic heterocycles. The average molecular weight is 568 g/mol. The van der Waals surface area contributed by atoms with Crippen molar-refractivity contribution < 1.29 is 14.6 Å². The number of aliphatic hydroxyl groups excluding tert-OH is 1. The molecule has 0 radical (unpaired) electrons. The number of para-hydroxylation sites is 1. The van der Waals surface area contributed by atoms with Gasteiger partial charge in [-0.05, 0) is 86.4 Å². The van der Waals surface area contributed by atoms with Crippen LogP contribution in [0.2, 0.25) is 0 Å². The number of pyridine rings is 1. The SMILES string of the molecule is CCC(=O)CC1CCC(CC(O)=c2sc3nccc4c3c2nc(=O)n4-c2ccc(Oc3ccccc3)cc2C)CC1. The summed E-state index contributed by atoms with van der Waals surface area (Å²) in [7, 11) is 0. The topological polar surface area (TPSA) is 94.3 Å². The fraction of sp³-hybridized carbons (Fsp3) is 0.333. The molecule has 0 unspecified atom stereocenters. The molecule has 210 valence electrons. The number of carbonyl (C=O) groups excluding carboxylic acids is 1. The van der Waals surface area contributed by atoms with Crippen LogP contribution in [0.1, 0.15) is 57.4 Å². The second kappa shape index (κ2) is 11.4. The van der Waals surface area contributed by atoms with Crippen LogP contribution >= 0.6 is 11.3 Å². The maximum absolute atomic E-state index is 13.5. The van der Waals surface area contributed by atoms with E-state index in [4.69, 9.17) is 4.74 Å². The Morgan fingerprint density at radius 2 is 1.76 bits per heavy atom. The van der Waals surface area contributed by atoms with Gasteiger partial charge in [-0.15, -0.1) is 11.3 Å². The van der Waals surface area contributed by atoms with E-state index < -0.39 is 5.69 Å². The van der Waals surface area contributed by atoms with Crippen molar-refractivity contribution in [2.24, 2.45) is 11.8 Å². The van der Waals surface area contributed by atoms with Crippen LogP contribution in [-0.4, -0.2) is 25.4 Å². The lowest BCUT2D eigenvalue weighted by atomic mass is 9.78. The molecule has 8 heteroatoms. The Morgan fingerprint density at radius 3 is 2.46 bits per heavy atom. The van der Waals surface area contributed by atoms with Gasteiger partial charge in [0.2, 0.25) is 0 Å². The first-order chi connectivity index (χ1) is 19.9. The van der Waals surface area contributed by atoms with Crippen molar-refractivity contribution in [2.45, 2.75) is 58.8 Å². The van der Waals surface area contributed by atoms with Crippen molar-refractivity contribution in [3.05, 3.63) is 81.4 Å². The smallest absolute Gasteiger partial charge is 0.353 e. The number of hydrogen-bond acceptors (Lipinski definition) is 7. The van der Waals surface area contributed by atoms with Crippen LogP contribution in [0, 0.1) is 18.8 Å². The molecule has 1 N–H and O–H groups in total. The zero-order valence-electron chi connectivity index (χ0n) is 23.3. The van der Waals surface area contributed by atoms with E-state index in [-0.39, 0.29) is 5.76 Å².